The molecule has 2 nitrogen and oxygen atoms in total. The molecule has 64 valence electrons. The van der Waals surface area contributed by atoms with Gasteiger partial charge < -0.3 is 10.8 Å². The van der Waals surface area contributed by atoms with Crippen LogP contribution in [0.4, 0.5) is 0 Å². The number of hydrogen-bond acceptors (Lipinski definition) is 2. The van der Waals surface area contributed by atoms with Crippen molar-refractivity contribution >= 4 is 0 Å². The highest BCUT2D eigenvalue weighted by molar-refractivity contribution is 4.94. The summed E-state index contributed by atoms with van der Waals surface area (Å²) in [6.45, 7) is 5.61. The Labute approximate surface area is 68.1 Å². The Bertz CT molecular complexity index is 152. The Morgan fingerprint density at radius 2 is 2.27 bits per heavy atom. The normalized spacial score (nSPS) is 22.7. The van der Waals surface area contributed by atoms with Crippen molar-refractivity contribution in [1.82, 2.24) is 0 Å². The minimum atomic E-state index is -0.217. The zero-order valence-corrected chi connectivity index (χ0v) is 7.09. The molecule has 1 saturated carbocycles. The first-order valence-electron chi connectivity index (χ1n) is 4.24. The molecular weight excluding hydrogens is 138 g/mol. The Morgan fingerprint density at radius 3 is 2.64 bits per heavy atom. The molecule has 2 heteroatoms. The van der Waals surface area contributed by atoms with E-state index in [1.807, 2.05) is 0 Å². The van der Waals surface area contributed by atoms with Gasteiger partial charge in [-0.1, -0.05) is 13.5 Å². The summed E-state index contributed by atoms with van der Waals surface area (Å²) in [6.07, 6.45) is 3.55. The van der Waals surface area contributed by atoms with Crippen LogP contribution in [0.2, 0.25) is 0 Å². The van der Waals surface area contributed by atoms with Gasteiger partial charge in [0.2, 0.25) is 0 Å². The SMILES string of the molecule is C=C(O)C(N)CC(C)C1CC1. The van der Waals surface area contributed by atoms with Gasteiger partial charge in [0.25, 0.3) is 0 Å². The van der Waals surface area contributed by atoms with Crippen molar-refractivity contribution in [3.8, 4) is 0 Å². The molecular formula is C9H17NO. The van der Waals surface area contributed by atoms with Gasteiger partial charge >= 0.3 is 0 Å². The lowest BCUT2D eigenvalue weighted by Gasteiger charge is -2.15. The number of nitrogens with two attached hydrogens (primary N) is 1. The predicted octanol–water partition coefficient (Wildman–Crippen LogP) is 1.82. The van der Waals surface area contributed by atoms with Crippen LogP contribution < -0.4 is 5.73 Å². The first-order valence-corrected chi connectivity index (χ1v) is 4.24. The Hall–Kier alpha value is -0.500. The van der Waals surface area contributed by atoms with E-state index in [0.717, 1.165) is 12.3 Å². The molecule has 0 saturated heterocycles. The van der Waals surface area contributed by atoms with E-state index >= 15 is 0 Å². The second-order valence-corrected chi connectivity index (χ2v) is 3.65. The van der Waals surface area contributed by atoms with E-state index in [1.54, 1.807) is 0 Å². The molecule has 0 spiro atoms. The molecule has 1 aliphatic rings. The zero-order chi connectivity index (χ0) is 8.43. The summed E-state index contributed by atoms with van der Waals surface area (Å²) in [4.78, 5) is 0. The summed E-state index contributed by atoms with van der Waals surface area (Å²) >= 11 is 0. The van der Waals surface area contributed by atoms with Crippen LogP contribution >= 0.6 is 0 Å². The highest BCUT2D eigenvalue weighted by Crippen LogP contribution is 2.38. The fourth-order valence-corrected chi connectivity index (χ4v) is 1.39. The third-order valence-corrected chi connectivity index (χ3v) is 2.48. The van der Waals surface area contributed by atoms with E-state index in [1.165, 1.54) is 12.8 Å². The van der Waals surface area contributed by atoms with Crippen molar-refractivity contribution in [3.63, 3.8) is 0 Å². The molecule has 1 aliphatic carbocycles. The van der Waals surface area contributed by atoms with Gasteiger partial charge in [0.15, 0.2) is 0 Å². The van der Waals surface area contributed by atoms with Crippen molar-refractivity contribution in [3.05, 3.63) is 12.3 Å². The molecule has 11 heavy (non-hydrogen) atoms. The number of rotatable bonds is 4. The second kappa shape index (κ2) is 3.26. The quantitative estimate of drug-likeness (QED) is 0.608. The van der Waals surface area contributed by atoms with Crippen molar-refractivity contribution in [1.29, 1.82) is 0 Å². The lowest BCUT2D eigenvalue weighted by atomic mass is 9.97. The van der Waals surface area contributed by atoms with Gasteiger partial charge in [0.05, 0.1) is 6.04 Å². The minimum absolute atomic E-state index is 0.123. The fourth-order valence-electron chi connectivity index (χ4n) is 1.39. The van der Waals surface area contributed by atoms with Crippen LogP contribution in [0.5, 0.6) is 0 Å². The topological polar surface area (TPSA) is 46.2 Å². The summed E-state index contributed by atoms with van der Waals surface area (Å²) < 4.78 is 0. The van der Waals surface area contributed by atoms with Crippen molar-refractivity contribution in [2.24, 2.45) is 17.6 Å². The maximum atomic E-state index is 8.95. The van der Waals surface area contributed by atoms with Crippen LogP contribution in [-0.4, -0.2) is 11.1 Å². The van der Waals surface area contributed by atoms with Crippen LogP contribution in [0.15, 0.2) is 12.3 Å². The van der Waals surface area contributed by atoms with Gasteiger partial charge in [-0.25, -0.2) is 0 Å². The summed E-state index contributed by atoms with van der Waals surface area (Å²) in [6, 6.07) is -0.217. The standard InChI is InChI=1S/C9H17NO/c1-6(8-3-4-8)5-9(10)7(2)11/h6,8-9,11H,2-5,10H2,1H3. The van der Waals surface area contributed by atoms with Gasteiger partial charge in [-0.2, -0.15) is 0 Å². The van der Waals surface area contributed by atoms with Gasteiger partial charge in [-0.3, -0.25) is 0 Å². The Morgan fingerprint density at radius 1 is 1.73 bits per heavy atom. The third kappa shape index (κ3) is 2.54. The maximum absolute atomic E-state index is 8.95. The minimum Gasteiger partial charge on any atom is -0.511 e. The number of hydrogen-bond donors (Lipinski definition) is 2. The molecule has 0 bridgehead atoms. The highest BCUT2D eigenvalue weighted by Gasteiger charge is 2.29. The summed E-state index contributed by atoms with van der Waals surface area (Å²) in [5.74, 6) is 1.63. The van der Waals surface area contributed by atoms with E-state index < -0.39 is 0 Å². The maximum Gasteiger partial charge on any atom is 0.102 e. The smallest absolute Gasteiger partial charge is 0.102 e. The van der Waals surface area contributed by atoms with Crippen LogP contribution in [0, 0.1) is 11.8 Å². The molecule has 0 radical (unpaired) electrons. The molecule has 0 aromatic carbocycles. The second-order valence-electron chi connectivity index (χ2n) is 3.65. The Balaban J connectivity index is 2.22. The Kier molecular flexibility index (Phi) is 2.55. The van der Waals surface area contributed by atoms with Crippen molar-refractivity contribution in [2.75, 3.05) is 0 Å². The molecule has 1 rings (SSSR count). The predicted molar refractivity (Wildman–Crippen MR) is 46.2 cm³/mol. The molecule has 0 heterocycles. The van der Waals surface area contributed by atoms with E-state index in [4.69, 9.17) is 10.8 Å². The van der Waals surface area contributed by atoms with Crippen LogP contribution in [0.25, 0.3) is 0 Å². The monoisotopic (exact) mass is 155 g/mol. The summed E-state index contributed by atoms with van der Waals surface area (Å²) in [5, 5.41) is 8.95. The molecule has 2 atom stereocenters. The van der Waals surface area contributed by atoms with Gasteiger partial charge in [-0.05, 0) is 31.1 Å². The van der Waals surface area contributed by atoms with Crippen LogP contribution in [0.1, 0.15) is 26.2 Å². The van der Waals surface area contributed by atoms with Crippen molar-refractivity contribution < 1.29 is 5.11 Å². The van der Waals surface area contributed by atoms with Gasteiger partial charge in [0, 0.05) is 0 Å². The average Bonchev–Trinajstić information content (AvgIpc) is 2.67. The first-order chi connectivity index (χ1) is 5.11. The highest BCUT2D eigenvalue weighted by atomic mass is 16.3. The molecule has 0 aromatic rings. The average molecular weight is 155 g/mol. The summed E-state index contributed by atoms with van der Waals surface area (Å²) in [7, 11) is 0. The third-order valence-electron chi connectivity index (χ3n) is 2.48. The van der Waals surface area contributed by atoms with Gasteiger partial charge in [-0.15, -0.1) is 0 Å². The first kappa shape index (κ1) is 8.60. The molecule has 0 amide bonds. The molecule has 3 N–H and O–H groups in total. The molecule has 1 fully saturated rings. The number of aliphatic hydroxyl groups excluding tert-OH is 1. The fraction of sp³-hybridized carbons (Fsp3) is 0.778. The van der Waals surface area contributed by atoms with Gasteiger partial charge in [0.1, 0.15) is 5.76 Å². The number of aliphatic hydroxyl groups is 1. The van der Waals surface area contributed by atoms with Crippen molar-refractivity contribution in [2.45, 2.75) is 32.2 Å². The largest absolute Gasteiger partial charge is 0.511 e. The molecule has 0 aromatic heterocycles. The summed E-state index contributed by atoms with van der Waals surface area (Å²) in [5.41, 5.74) is 5.63. The van der Waals surface area contributed by atoms with Crippen LogP contribution in [-0.2, 0) is 0 Å². The van der Waals surface area contributed by atoms with E-state index in [9.17, 15) is 0 Å². The lowest BCUT2D eigenvalue weighted by molar-refractivity contribution is 0.331. The molecule has 2 unspecified atom stereocenters. The van der Waals surface area contributed by atoms with Crippen LogP contribution in [0.3, 0.4) is 0 Å². The molecule has 0 aliphatic heterocycles. The zero-order valence-electron chi connectivity index (χ0n) is 7.09. The lowest BCUT2D eigenvalue weighted by Crippen LogP contribution is -2.25. The van der Waals surface area contributed by atoms with E-state index in [0.29, 0.717) is 5.92 Å². The van der Waals surface area contributed by atoms with E-state index in [-0.39, 0.29) is 11.8 Å². The van der Waals surface area contributed by atoms with E-state index in [2.05, 4.69) is 13.5 Å².